The number of nitrogens with one attached hydrogen (secondary N) is 1. The van der Waals surface area contributed by atoms with Crippen molar-refractivity contribution in [2.75, 3.05) is 6.54 Å². The third-order valence-corrected chi connectivity index (χ3v) is 2.93. The highest BCUT2D eigenvalue weighted by molar-refractivity contribution is 6.32. The van der Waals surface area contributed by atoms with E-state index in [0.717, 1.165) is 24.5 Å². The first-order valence-corrected chi connectivity index (χ1v) is 4.64. The summed E-state index contributed by atoms with van der Waals surface area (Å²) in [5, 5.41) is 4.27. The van der Waals surface area contributed by atoms with Crippen LogP contribution in [-0.4, -0.2) is 6.54 Å². The third-order valence-electron chi connectivity index (χ3n) is 2.41. The largest absolute Gasteiger partial charge is 0.312 e. The molecule has 2 heteroatoms. The van der Waals surface area contributed by atoms with Gasteiger partial charge in [-0.15, -0.1) is 0 Å². The molecular weight excluding hydrogens is 170 g/mol. The van der Waals surface area contributed by atoms with E-state index in [1.165, 1.54) is 16.7 Å². The van der Waals surface area contributed by atoms with Crippen LogP contribution in [0.15, 0.2) is 12.1 Å². The summed E-state index contributed by atoms with van der Waals surface area (Å²) in [6.45, 7) is 4.06. The average Bonchev–Trinajstić information content (AvgIpc) is 2.12. The van der Waals surface area contributed by atoms with Crippen LogP contribution in [0.3, 0.4) is 0 Å². The molecule has 1 heterocycles. The lowest BCUT2D eigenvalue weighted by Gasteiger charge is -2.19. The molecule has 1 aromatic rings. The number of hydrogen-bond donors (Lipinski definition) is 1. The van der Waals surface area contributed by atoms with Crippen molar-refractivity contribution < 1.29 is 0 Å². The summed E-state index contributed by atoms with van der Waals surface area (Å²) in [6, 6.07) is 4.30. The number of benzene rings is 1. The Labute approximate surface area is 77.7 Å². The predicted octanol–water partition coefficient (Wildman–Crippen LogP) is 2.29. The molecule has 0 aromatic heterocycles. The molecule has 0 aliphatic carbocycles. The Morgan fingerprint density at radius 3 is 3.08 bits per heavy atom. The minimum atomic E-state index is 0.926. The van der Waals surface area contributed by atoms with E-state index in [-0.39, 0.29) is 0 Å². The zero-order valence-corrected chi connectivity index (χ0v) is 7.91. The summed E-state index contributed by atoms with van der Waals surface area (Å²) < 4.78 is 0. The van der Waals surface area contributed by atoms with Crippen molar-refractivity contribution in [3.63, 3.8) is 0 Å². The third kappa shape index (κ3) is 1.23. The summed E-state index contributed by atoms with van der Waals surface area (Å²) in [5.74, 6) is 0. The van der Waals surface area contributed by atoms with Crippen LogP contribution in [0.1, 0.15) is 16.7 Å². The highest BCUT2D eigenvalue weighted by atomic mass is 35.5. The van der Waals surface area contributed by atoms with E-state index in [1.54, 1.807) is 0 Å². The standard InChI is InChI=1S/C10H12ClN/c1-7-2-3-8-4-5-12-6-9(8)10(7)11/h2-3,12H,4-6H2,1H3. The molecular formula is C10H12ClN. The van der Waals surface area contributed by atoms with E-state index >= 15 is 0 Å². The van der Waals surface area contributed by atoms with Gasteiger partial charge in [0, 0.05) is 11.6 Å². The molecule has 0 saturated heterocycles. The molecule has 1 N–H and O–H groups in total. The smallest absolute Gasteiger partial charge is 0.0482 e. The fraction of sp³-hybridized carbons (Fsp3) is 0.400. The number of rotatable bonds is 0. The number of hydrogen-bond acceptors (Lipinski definition) is 1. The maximum atomic E-state index is 6.17. The van der Waals surface area contributed by atoms with Gasteiger partial charge in [-0.05, 0) is 36.6 Å². The first-order chi connectivity index (χ1) is 5.79. The minimum Gasteiger partial charge on any atom is -0.312 e. The highest BCUT2D eigenvalue weighted by Crippen LogP contribution is 2.26. The highest BCUT2D eigenvalue weighted by Gasteiger charge is 2.12. The van der Waals surface area contributed by atoms with E-state index in [1.807, 2.05) is 0 Å². The van der Waals surface area contributed by atoms with Crippen LogP contribution in [0.5, 0.6) is 0 Å². The van der Waals surface area contributed by atoms with Gasteiger partial charge in [-0.25, -0.2) is 0 Å². The molecule has 0 unspecified atom stereocenters. The van der Waals surface area contributed by atoms with E-state index in [9.17, 15) is 0 Å². The Bertz CT molecular complexity index is 307. The second kappa shape index (κ2) is 3.08. The van der Waals surface area contributed by atoms with E-state index in [2.05, 4.69) is 24.4 Å². The molecule has 0 bridgehead atoms. The fourth-order valence-corrected chi connectivity index (χ4v) is 1.89. The van der Waals surface area contributed by atoms with Crippen LogP contribution < -0.4 is 5.32 Å². The Morgan fingerprint density at radius 2 is 2.25 bits per heavy atom. The summed E-state index contributed by atoms with van der Waals surface area (Å²) in [6.07, 6.45) is 1.11. The van der Waals surface area contributed by atoms with Gasteiger partial charge in [-0.1, -0.05) is 23.7 Å². The Balaban J connectivity index is 2.54. The molecule has 1 aromatic carbocycles. The van der Waals surface area contributed by atoms with Crippen LogP contribution in [0, 0.1) is 6.92 Å². The number of fused-ring (bicyclic) bond motifs is 1. The molecule has 0 spiro atoms. The summed E-state index contributed by atoms with van der Waals surface area (Å²) in [5.41, 5.74) is 3.88. The van der Waals surface area contributed by atoms with Crippen molar-refractivity contribution in [1.29, 1.82) is 0 Å². The van der Waals surface area contributed by atoms with Crippen molar-refractivity contribution in [2.45, 2.75) is 19.9 Å². The predicted molar refractivity (Wildman–Crippen MR) is 51.6 cm³/mol. The zero-order valence-electron chi connectivity index (χ0n) is 7.15. The van der Waals surface area contributed by atoms with Gasteiger partial charge in [-0.3, -0.25) is 0 Å². The van der Waals surface area contributed by atoms with Gasteiger partial charge in [0.15, 0.2) is 0 Å². The molecule has 0 amide bonds. The normalized spacial score (nSPS) is 15.8. The second-order valence-corrected chi connectivity index (χ2v) is 3.64. The summed E-state index contributed by atoms with van der Waals surface area (Å²) in [4.78, 5) is 0. The molecule has 1 aliphatic heterocycles. The lowest BCUT2D eigenvalue weighted by molar-refractivity contribution is 0.643. The summed E-state index contributed by atoms with van der Waals surface area (Å²) >= 11 is 6.17. The molecule has 64 valence electrons. The van der Waals surface area contributed by atoms with Crippen molar-refractivity contribution in [1.82, 2.24) is 5.32 Å². The quantitative estimate of drug-likeness (QED) is 0.648. The summed E-state index contributed by atoms with van der Waals surface area (Å²) in [7, 11) is 0. The van der Waals surface area contributed by atoms with Gasteiger partial charge < -0.3 is 5.32 Å². The van der Waals surface area contributed by atoms with Crippen LogP contribution in [0.25, 0.3) is 0 Å². The van der Waals surface area contributed by atoms with E-state index in [4.69, 9.17) is 11.6 Å². The molecule has 1 aliphatic rings. The van der Waals surface area contributed by atoms with Gasteiger partial charge in [0.05, 0.1) is 0 Å². The maximum Gasteiger partial charge on any atom is 0.0482 e. The fourth-order valence-electron chi connectivity index (χ4n) is 1.64. The Morgan fingerprint density at radius 1 is 1.42 bits per heavy atom. The lowest BCUT2D eigenvalue weighted by Crippen LogP contribution is -2.23. The molecule has 0 fully saturated rings. The van der Waals surface area contributed by atoms with Crippen molar-refractivity contribution in [3.05, 3.63) is 33.8 Å². The molecule has 12 heavy (non-hydrogen) atoms. The Kier molecular flexibility index (Phi) is 2.07. The van der Waals surface area contributed by atoms with Crippen molar-refractivity contribution >= 4 is 11.6 Å². The van der Waals surface area contributed by atoms with Crippen molar-refractivity contribution in [3.8, 4) is 0 Å². The first kappa shape index (κ1) is 8.09. The molecule has 0 saturated carbocycles. The second-order valence-electron chi connectivity index (χ2n) is 3.26. The topological polar surface area (TPSA) is 12.0 Å². The van der Waals surface area contributed by atoms with Gasteiger partial charge in [-0.2, -0.15) is 0 Å². The van der Waals surface area contributed by atoms with Crippen LogP contribution >= 0.6 is 11.6 Å². The minimum absolute atomic E-state index is 0.926. The van der Waals surface area contributed by atoms with Gasteiger partial charge in [0.2, 0.25) is 0 Å². The Hall–Kier alpha value is -0.530. The van der Waals surface area contributed by atoms with Crippen LogP contribution in [0.4, 0.5) is 0 Å². The van der Waals surface area contributed by atoms with Crippen LogP contribution in [0.2, 0.25) is 5.02 Å². The molecule has 0 radical (unpaired) electrons. The van der Waals surface area contributed by atoms with Gasteiger partial charge in [0.25, 0.3) is 0 Å². The monoisotopic (exact) mass is 181 g/mol. The molecule has 1 nitrogen and oxygen atoms in total. The maximum absolute atomic E-state index is 6.17. The van der Waals surface area contributed by atoms with E-state index < -0.39 is 0 Å². The molecule has 2 rings (SSSR count). The molecule has 0 atom stereocenters. The lowest BCUT2D eigenvalue weighted by atomic mass is 9.99. The van der Waals surface area contributed by atoms with Crippen LogP contribution in [-0.2, 0) is 13.0 Å². The van der Waals surface area contributed by atoms with Crippen molar-refractivity contribution in [2.24, 2.45) is 0 Å². The van der Waals surface area contributed by atoms with Gasteiger partial charge in [0.1, 0.15) is 0 Å². The SMILES string of the molecule is Cc1ccc2c(c1Cl)CNCC2. The van der Waals surface area contributed by atoms with E-state index in [0.29, 0.717) is 0 Å². The zero-order chi connectivity index (χ0) is 8.55. The average molecular weight is 182 g/mol. The number of halogens is 1. The number of aryl methyl sites for hydroxylation is 1. The first-order valence-electron chi connectivity index (χ1n) is 4.26. The van der Waals surface area contributed by atoms with Gasteiger partial charge >= 0.3 is 0 Å².